The van der Waals surface area contributed by atoms with Crippen LogP contribution in [0.2, 0.25) is 10.0 Å². The Kier molecular flexibility index (Phi) is 3.30. The van der Waals surface area contributed by atoms with Gasteiger partial charge in [0.05, 0.1) is 15.6 Å². The van der Waals surface area contributed by atoms with Crippen LogP contribution in [0.3, 0.4) is 0 Å². The smallest absolute Gasteiger partial charge is 0.0668 e. The van der Waals surface area contributed by atoms with Crippen molar-refractivity contribution in [2.45, 2.75) is 24.8 Å². The molecule has 1 aliphatic rings. The Bertz CT molecular complexity index is 624. The van der Waals surface area contributed by atoms with E-state index in [0.717, 1.165) is 24.8 Å². The van der Waals surface area contributed by atoms with Crippen LogP contribution >= 0.6 is 23.2 Å². The van der Waals surface area contributed by atoms with E-state index in [9.17, 15) is 0 Å². The Morgan fingerprint density at radius 1 is 1.00 bits per heavy atom. The van der Waals surface area contributed by atoms with Crippen molar-refractivity contribution in [3.63, 3.8) is 0 Å². The lowest BCUT2D eigenvalue weighted by Crippen LogP contribution is -2.41. The van der Waals surface area contributed by atoms with Crippen LogP contribution in [-0.2, 0) is 12.0 Å². The monoisotopic (exact) mass is 291 g/mol. The normalized spacial score (nSPS) is 22.1. The third-order valence-corrected chi connectivity index (χ3v) is 4.69. The third-order valence-electron chi connectivity index (χ3n) is 3.95. The van der Waals surface area contributed by atoms with Crippen LogP contribution in [0.15, 0.2) is 42.5 Å². The van der Waals surface area contributed by atoms with Gasteiger partial charge < -0.3 is 5.73 Å². The summed E-state index contributed by atoms with van der Waals surface area (Å²) in [6, 6.07) is 14.1. The minimum absolute atomic E-state index is 0.455. The summed E-state index contributed by atoms with van der Waals surface area (Å²) >= 11 is 12.1. The Labute approximate surface area is 123 Å². The molecule has 1 atom stereocenters. The molecule has 0 radical (unpaired) electrons. The van der Waals surface area contributed by atoms with Gasteiger partial charge in [0.25, 0.3) is 0 Å². The summed E-state index contributed by atoms with van der Waals surface area (Å²) in [5.41, 5.74) is 9.83. The van der Waals surface area contributed by atoms with Crippen molar-refractivity contribution in [3.05, 3.63) is 69.2 Å². The first-order chi connectivity index (χ1) is 9.11. The highest BCUT2D eigenvalue weighted by molar-refractivity contribution is 6.42. The fourth-order valence-electron chi connectivity index (χ4n) is 2.94. The Balaban J connectivity index is 2.16. The topological polar surface area (TPSA) is 26.0 Å². The van der Waals surface area contributed by atoms with Crippen molar-refractivity contribution in [3.8, 4) is 0 Å². The fourth-order valence-corrected chi connectivity index (χ4v) is 3.24. The minimum atomic E-state index is -0.455. The van der Waals surface area contributed by atoms with Gasteiger partial charge >= 0.3 is 0 Å². The van der Waals surface area contributed by atoms with Crippen molar-refractivity contribution in [2.75, 3.05) is 0 Å². The molecule has 1 aliphatic carbocycles. The zero-order chi connectivity index (χ0) is 13.5. The van der Waals surface area contributed by atoms with E-state index >= 15 is 0 Å². The first-order valence-corrected chi connectivity index (χ1v) is 7.20. The van der Waals surface area contributed by atoms with E-state index in [2.05, 4.69) is 18.2 Å². The summed E-state index contributed by atoms with van der Waals surface area (Å²) in [7, 11) is 0. The maximum absolute atomic E-state index is 6.71. The van der Waals surface area contributed by atoms with Gasteiger partial charge in [0.2, 0.25) is 0 Å². The highest BCUT2D eigenvalue weighted by atomic mass is 35.5. The van der Waals surface area contributed by atoms with Gasteiger partial charge in [-0.15, -0.1) is 0 Å². The molecular weight excluding hydrogens is 277 g/mol. The van der Waals surface area contributed by atoms with Gasteiger partial charge in [-0.2, -0.15) is 0 Å². The highest BCUT2D eigenvalue weighted by Crippen LogP contribution is 2.40. The van der Waals surface area contributed by atoms with Crippen LogP contribution in [0.25, 0.3) is 0 Å². The standard InChI is InChI=1S/C16H15Cl2N/c17-14-8-7-12(10-15(14)18)16(19)9-3-5-11-4-1-2-6-13(11)16/h1-2,4,6-8,10H,3,5,9,19H2. The number of benzene rings is 2. The van der Waals surface area contributed by atoms with Crippen LogP contribution in [0.1, 0.15) is 29.5 Å². The number of hydrogen-bond donors (Lipinski definition) is 1. The summed E-state index contributed by atoms with van der Waals surface area (Å²) in [5, 5.41) is 1.13. The molecule has 0 saturated heterocycles. The Hall–Kier alpha value is -1.02. The van der Waals surface area contributed by atoms with E-state index in [-0.39, 0.29) is 0 Å². The van der Waals surface area contributed by atoms with Crippen molar-refractivity contribution < 1.29 is 0 Å². The summed E-state index contributed by atoms with van der Waals surface area (Å²) in [5.74, 6) is 0. The van der Waals surface area contributed by atoms with Crippen LogP contribution in [0, 0.1) is 0 Å². The Morgan fingerprint density at radius 2 is 1.79 bits per heavy atom. The maximum atomic E-state index is 6.71. The quantitative estimate of drug-likeness (QED) is 0.821. The lowest BCUT2D eigenvalue weighted by Gasteiger charge is -2.36. The van der Waals surface area contributed by atoms with Gasteiger partial charge in [0, 0.05) is 0 Å². The van der Waals surface area contributed by atoms with Crippen molar-refractivity contribution in [1.82, 2.24) is 0 Å². The molecule has 2 aromatic carbocycles. The number of hydrogen-bond acceptors (Lipinski definition) is 1. The van der Waals surface area contributed by atoms with Crippen LogP contribution in [-0.4, -0.2) is 0 Å². The summed E-state index contributed by atoms with van der Waals surface area (Å²) in [4.78, 5) is 0. The number of nitrogens with two attached hydrogens (primary N) is 1. The van der Waals surface area contributed by atoms with Crippen molar-refractivity contribution >= 4 is 23.2 Å². The average Bonchev–Trinajstić information content (AvgIpc) is 2.42. The summed E-state index contributed by atoms with van der Waals surface area (Å²) < 4.78 is 0. The first-order valence-electron chi connectivity index (χ1n) is 6.44. The molecule has 3 heteroatoms. The second-order valence-electron chi connectivity index (χ2n) is 5.11. The van der Waals surface area contributed by atoms with E-state index in [1.54, 1.807) is 0 Å². The molecule has 1 unspecified atom stereocenters. The van der Waals surface area contributed by atoms with E-state index in [1.807, 2.05) is 24.3 Å². The molecule has 0 saturated carbocycles. The van der Waals surface area contributed by atoms with Gasteiger partial charge in [-0.05, 0) is 48.1 Å². The van der Waals surface area contributed by atoms with Crippen LogP contribution in [0.5, 0.6) is 0 Å². The number of fused-ring (bicyclic) bond motifs is 1. The predicted octanol–water partition coefficient (Wildman–Crippen LogP) is 4.53. The van der Waals surface area contributed by atoms with Crippen molar-refractivity contribution in [1.29, 1.82) is 0 Å². The predicted molar refractivity (Wildman–Crippen MR) is 80.8 cm³/mol. The second kappa shape index (κ2) is 4.82. The van der Waals surface area contributed by atoms with Gasteiger partial charge in [-0.25, -0.2) is 0 Å². The summed E-state index contributed by atoms with van der Waals surface area (Å²) in [6.45, 7) is 0. The van der Waals surface area contributed by atoms with Gasteiger partial charge in [-0.3, -0.25) is 0 Å². The van der Waals surface area contributed by atoms with Gasteiger partial charge in [0.1, 0.15) is 0 Å². The number of halogens is 2. The molecule has 2 N–H and O–H groups in total. The zero-order valence-corrected chi connectivity index (χ0v) is 12.0. The molecule has 0 amide bonds. The fraction of sp³-hybridized carbons (Fsp3) is 0.250. The second-order valence-corrected chi connectivity index (χ2v) is 5.93. The molecule has 0 bridgehead atoms. The van der Waals surface area contributed by atoms with E-state index in [0.29, 0.717) is 10.0 Å². The molecule has 0 aliphatic heterocycles. The third kappa shape index (κ3) is 2.16. The van der Waals surface area contributed by atoms with E-state index in [1.165, 1.54) is 11.1 Å². The van der Waals surface area contributed by atoms with Crippen LogP contribution in [0.4, 0.5) is 0 Å². The number of rotatable bonds is 1. The van der Waals surface area contributed by atoms with E-state index in [4.69, 9.17) is 28.9 Å². The lowest BCUT2D eigenvalue weighted by atomic mass is 9.73. The molecule has 0 heterocycles. The maximum Gasteiger partial charge on any atom is 0.0668 e. The minimum Gasteiger partial charge on any atom is -0.318 e. The Morgan fingerprint density at radius 3 is 2.58 bits per heavy atom. The molecule has 0 spiro atoms. The van der Waals surface area contributed by atoms with Gasteiger partial charge in [-0.1, -0.05) is 53.5 Å². The molecule has 98 valence electrons. The largest absolute Gasteiger partial charge is 0.318 e. The lowest BCUT2D eigenvalue weighted by molar-refractivity contribution is 0.443. The van der Waals surface area contributed by atoms with Crippen molar-refractivity contribution in [2.24, 2.45) is 5.73 Å². The van der Waals surface area contributed by atoms with Gasteiger partial charge in [0.15, 0.2) is 0 Å². The molecule has 0 fully saturated rings. The molecule has 2 aromatic rings. The molecule has 19 heavy (non-hydrogen) atoms. The van der Waals surface area contributed by atoms with Crippen LogP contribution < -0.4 is 5.73 Å². The molecule has 1 nitrogen and oxygen atoms in total. The highest BCUT2D eigenvalue weighted by Gasteiger charge is 2.34. The molecule has 3 rings (SSSR count). The number of aryl methyl sites for hydroxylation is 1. The molecule has 0 aromatic heterocycles. The average molecular weight is 292 g/mol. The van der Waals surface area contributed by atoms with E-state index < -0.39 is 5.54 Å². The first kappa shape index (κ1) is 13.0. The zero-order valence-electron chi connectivity index (χ0n) is 10.5. The molecular formula is C16H15Cl2N. The summed E-state index contributed by atoms with van der Waals surface area (Å²) in [6.07, 6.45) is 3.12. The SMILES string of the molecule is NC1(c2ccc(Cl)c(Cl)c2)CCCc2ccccc21.